The molecular weight excluding hydrogens is 224 g/mol. The number of amides is 1. The normalized spacial score (nSPS) is 23.9. The predicted molar refractivity (Wildman–Crippen MR) is 62.5 cm³/mol. The zero-order valence-electron chi connectivity index (χ0n) is 8.87. The molecule has 3 nitrogen and oxygen atoms in total. The van der Waals surface area contributed by atoms with Crippen LogP contribution in [0.15, 0.2) is 18.2 Å². The van der Waals surface area contributed by atoms with Crippen molar-refractivity contribution in [1.29, 1.82) is 0 Å². The Bertz CT molecular complexity index is 447. The summed E-state index contributed by atoms with van der Waals surface area (Å²) in [5, 5.41) is 3.99. The molecule has 16 heavy (non-hydrogen) atoms. The van der Waals surface area contributed by atoms with Crippen molar-refractivity contribution in [2.24, 2.45) is 0 Å². The molecule has 0 spiro atoms. The molecule has 1 saturated heterocycles. The lowest BCUT2D eigenvalue weighted by Gasteiger charge is -2.41. The van der Waals surface area contributed by atoms with Crippen LogP contribution < -0.4 is 5.32 Å². The van der Waals surface area contributed by atoms with Gasteiger partial charge in [0, 0.05) is 18.1 Å². The number of fused-ring (bicyclic) bond motifs is 3. The summed E-state index contributed by atoms with van der Waals surface area (Å²) in [6, 6.07) is 6.14. The van der Waals surface area contributed by atoms with Gasteiger partial charge in [0.15, 0.2) is 0 Å². The van der Waals surface area contributed by atoms with E-state index in [0.29, 0.717) is 6.54 Å². The Morgan fingerprint density at radius 1 is 1.44 bits per heavy atom. The van der Waals surface area contributed by atoms with Crippen LogP contribution >= 0.6 is 11.6 Å². The Kier molecular flexibility index (Phi) is 2.37. The van der Waals surface area contributed by atoms with Gasteiger partial charge in [0.2, 0.25) is 5.91 Å². The lowest BCUT2D eigenvalue weighted by atomic mass is 9.91. The maximum absolute atomic E-state index is 11.8. The summed E-state index contributed by atoms with van der Waals surface area (Å²) in [6.07, 6.45) is 0.872. The van der Waals surface area contributed by atoms with Crippen LogP contribution in [0, 0.1) is 0 Å². The number of carbonyl (C=O) groups is 1. The Hall–Kier alpha value is -1.06. The van der Waals surface area contributed by atoms with Crippen molar-refractivity contribution < 1.29 is 4.79 Å². The van der Waals surface area contributed by atoms with Crippen molar-refractivity contribution in [1.82, 2.24) is 10.2 Å². The molecule has 1 amide bonds. The first kappa shape index (κ1) is 10.1. The van der Waals surface area contributed by atoms with E-state index in [2.05, 4.69) is 11.4 Å². The molecule has 0 unspecified atom stereocenters. The number of hydrogen-bond acceptors (Lipinski definition) is 2. The van der Waals surface area contributed by atoms with E-state index >= 15 is 0 Å². The summed E-state index contributed by atoms with van der Waals surface area (Å²) in [5.74, 6) is 0.196. The van der Waals surface area contributed by atoms with E-state index in [4.69, 9.17) is 11.6 Å². The van der Waals surface area contributed by atoms with Crippen molar-refractivity contribution >= 4 is 17.5 Å². The van der Waals surface area contributed by atoms with E-state index in [9.17, 15) is 4.79 Å². The summed E-state index contributed by atoms with van der Waals surface area (Å²) in [5.41, 5.74) is 2.42. The van der Waals surface area contributed by atoms with E-state index < -0.39 is 0 Å². The fraction of sp³-hybridized carbons (Fsp3) is 0.417. The van der Waals surface area contributed by atoms with Crippen LogP contribution in [0.5, 0.6) is 0 Å². The van der Waals surface area contributed by atoms with E-state index in [1.54, 1.807) is 0 Å². The van der Waals surface area contributed by atoms with Crippen LogP contribution in [-0.2, 0) is 11.2 Å². The molecule has 0 aromatic heterocycles. The van der Waals surface area contributed by atoms with E-state index in [1.165, 1.54) is 11.1 Å². The third-order valence-corrected chi connectivity index (χ3v) is 3.78. The summed E-state index contributed by atoms with van der Waals surface area (Å²) < 4.78 is 0. The molecule has 0 bridgehead atoms. The number of nitrogens with one attached hydrogen (secondary N) is 1. The average molecular weight is 237 g/mol. The predicted octanol–water partition coefficient (Wildman–Crippen LogP) is 1.37. The maximum atomic E-state index is 11.8. The number of piperazine rings is 1. The molecule has 84 valence electrons. The van der Waals surface area contributed by atoms with Crippen LogP contribution in [0.3, 0.4) is 0 Å². The molecule has 4 heteroatoms. The minimum absolute atomic E-state index is 0.170. The molecule has 2 aliphatic rings. The van der Waals surface area contributed by atoms with Gasteiger partial charge in [-0.25, -0.2) is 0 Å². The summed E-state index contributed by atoms with van der Waals surface area (Å²) in [6.45, 7) is 2.09. The fourth-order valence-electron chi connectivity index (χ4n) is 2.64. The van der Waals surface area contributed by atoms with Gasteiger partial charge in [-0.05, 0) is 23.6 Å². The third-order valence-electron chi connectivity index (χ3n) is 3.43. The molecule has 1 aromatic carbocycles. The molecule has 1 aromatic rings. The number of hydrogen-bond donors (Lipinski definition) is 1. The second-order valence-corrected chi connectivity index (χ2v) is 4.70. The minimum atomic E-state index is 0.170. The van der Waals surface area contributed by atoms with Crippen LogP contribution in [-0.4, -0.2) is 30.4 Å². The molecule has 2 heterocycles. The lowest BCUT2D eigenvalue weighted by molar-refractivity contribution is -0.135. The van der Waals surface area contributed by atoms with Crippen molar-refractivity contribution in [2.45, 2.75) is 12.5 Å². The lowest BCUT2D eigenvalue weighted by Crippen LogP contribution is -2.52. The van der Waals surface area contributed by atoms with Gasteiger partial charge in [-0.2, -0.15) is 0 Å². The first-order valence-electron chi connectivity index (χ1n) is 5.55. The number of benzene rings is 1. The van der Waals surface area contributed by atoms with Gasteiger partial charge < -0.3 is 10.2 Å². The molecule has 3 rings (SSSR count). The fourth-order valence-corrected chi connectivity index (χ4v) is 2.92. The average Bonchev–Trinajstić information content (AvgIpc) is 2.30. The van der Waals surface area contributed by atoms with Crippen LogP contribution in [0.1, 0.15) is 17.2 Å². The minimum Gasteiger partial charge on any atom is -0.333 e. The number of carbonyl (C=O) groups excluding carboxylic acids is 1. The van der Waals surface area contributed by atoms with Gasteiger partial charge in [-0.15, -0.1) is 0 Å². The molecule has 0 saturated carbocycles. The van der Waals surface area contributed by atoms with Crippen molar-refractivity contribution in [3.63, 3.8) is 0 Å². The van der Waals surface area contributed by atoms with Gasteiger partial charge in [0.1, 0.15) is 0 Å². The standard InChI is InChI=1S/C12H13ClN2O/c13-10-3-1-2-9-8(10)4-5-15-11(9)6-14-7-12(15)16/h1-3,11,14H,4-7H2/t11-/m1/s1. The first-order chi connectivity index (χ1) is 7.77. The molecule has 1 N–H and O–H groups in total. The van der Waals surface area contributed by atoms with Crippen molar-refractivity contribution in [3.05, 3.63) is 34.3 Å². The van der Waals surface area contributed by atoms with Crippen molar-refractivity contribution in [3.8, 4) is 0 Å². The topological polar surface area (TPSA) is 32.3 Å². The Morgan fingerprint density at radius 3 is 3.19 bits per heavy atom. The van der Waals surface area contributed by atoms with E-state index in [1.807, 2.05) is 17.0 Å². The Labute approximate surface area is 99.4 Å². The van der Waals surface area contributed by atoms with Crippen LogP contribution in [0.2, 0.25) is 5.02 Å². The highest BCUT2D eigenvalue weighted by Gasteiger charge is 2.33. The van der Waals surface area contributed by atoms with Crippen molar-refractivity contribution in [2.75, 3.05) is 19.6 Å². The highest BCUT2D eigenvalue weighted by molar-refractivity contribution is 6.31. The first-order valence-corrected chi connectivity index (χ1v) is 5.92. The molecule has 1 atom stereocenters. The molecule has 0 aliphatic carbocycles. The summed E-state index contributed by atoms with van der Waals surface area (Å²) in [4.78, 5) is 13.7. The van der Waals surface area contributed by atoms with Gasteiger partial charge in [0.05, 0.1) is 12.6 Å². The summed E-state index contributed by atoms with van der Waals surface area (Å²) in [7, 11) is 0. The summed E-state index contributed by atoms with van der Waals surface area (Å²) >= 11 is 6.19. The Morgan fingerprint density at radius 2 is 2.31 bits per heavy atom. The molecule has 0 radical (unpaired) electrons. The monoisotopic (exact) mass is 236 g/mol. The van der Waals surface area contributed by atoms with Crippen LogP contribution in [0.4, 0.5) is 0 Å². The van der Waals surface area contributed by atoms with Gasteiger partial charge in [-0.3, -0.25) is 4.79 Å². The Balaban J connectivity index is 2.06. The third kappa shape index (κ3) is 1.43. The maximum Gasteiger partial charge on any atom is 0.237 e. The highest BCUT2D eigenvalue weighted by Crippen LogP contribution is 2.34. The van der Waals surface area contributed by atoms with Gasteiger partial charge in [0.25, 0.3) is 0 Å². The second kappa shape index (κ2) is 3.75. The number of nitrogens with zero attached hydrogens (tertiary/aromatic N) is 1. The van der Waals surface area contributed by atoms with Gasteiger partial charge in [-0.1, -0.05) is 23.7 Å². The van der Waals surface area contributed by atoms with Gasteiger partial charge >= 0.3 is 0 Å². The molecular formula is C12H13ClN2O. The molecule has 1 fully saturated rings. The highest BCUT2D eigenvalue weighted by atomic mass is 35.5. The zero-order chi connectivity index (χ0) is 11.1. The van der Waals surface area contributed by atoms with E-state index in [-0.39, 0.29) is 11.9 Å². The largest absolute Gasteiger partial charge is 0.333 e. The van der Waals surface area contributed by atoms with E-state index in [0.717, 1.165) is 24.5 Å². The smallest absolute Gasteiger partial charge is 0.237 e. The van der Waals surface area contributed by atoms with Crippen LogP contribution in [0.25, 0.3) is 0 Å². The SMILES string of the molecule is O=C1CNC[C@@H]2c3cccc(Cl)c3CCN12. The number of rotatable bonds is 0. The molecule has 2 aliphatic heterocycles. The zero-order valence-corrected chi connectivity index (χ0v) is 9.63. The second-order valence-electron chi connectivity index (χ2n) is 4.29. The number of halogens is 1. The quantitative estimate of drug-likeness (QED) is 0.738.